The maximum Gasteiger partial charge on any atom is 0.248 e. The lowest BCUT2D eigenvalue weighted by Crippen LogP contribution is -2.07. The molecule has 1 aliphatic heterocycles. The van der Waals surface area contributed by atoms with Crippen LogP contribution in [0.1, 0.15) is 5.56 Å². The van der Waals surface area contributed by atoms with Crippen LogP contribution in [-0.2, 0) is 4.79 Å². The number of phenolic OH excluding ortho intramolecular Hbond substituents is 1. The van der Waals surface area contributed by atoms with Crippen LogP contribution < -0.4 is 14.8 Å². The van der Waals surface area contributed by atoms with Gasteiger partial charge in [0.25, 0.3) is 0 Å². The van der Waals surface area contributed by atoms with E-state index in [1.54, 1.807) is 36.4 Å². The Morgan fingerprint density at radius 2 is 1.95 bits per heavy atom. The van der Waals surface area contributed by atoms with E-state index in [1.165, 1.54) is 12.1 Å². The number of carbonyl (C=O) groups excluding carboxylic acids is 1. The van der Waals surface area contributed by atoms with Crippen molar-refractivity contribution in [3.05, 3.63) is 54.1 Å². The van der Waals surface area contributed by atoms with Gasteiger partial charge >= 0.3 is 0 Å². The third kappa shape index (κ3) is 2.97. The SMILES string of the molecule is O=C(/C=C/c1ccc2c(c1)OCO2)Nc1ccccc1O. The molecular weight excluding hydrogens is 270 g/mol. The molecule has 0 bridgehead atoms. The van der Waals surface area contributed by atoms with Gasteiger partial charge in [-0.05, 0) is 35.9 Å². The van der Waals surface area contributed by atoms with E-state index < -0.39 is 0 Å². The van der Waals surface area contributed by atoms with E-state index in [-0.39, 0.29) is 18.4 Å². The number of nitrogens with one attached hydrogen (secondary N) is 1. The maximum atomic E-state index is 11.8. The molecule has 21 heavy (non-hydrogen) atoms. The van der Waals surface area contributed by atoms with Gasteiger partial charge in [-0.15, -0.1) is 0 Å². The topological polar surface area (TPSA) is 67.8 Å². The lowest BCUT2D eigenvalue weighted by atomic mass is 10.2. The zero-order chi connectivity index (χ0) is 14.7. The summed E-state index contributed by atoms with van der Waals surface area (Å²) in [6.45, 7) is 0.219. The standard InChI is InChI=1S/C16H13NO4/c18-13-4-2-1-3-12(13)17-16(19)8-6-11-5-7-14-15(9-11)21-10-20-14/h1-9,18H,10H2,(H,17,19)/b8-6+. The molecule has 0 aromatic heterocycles. The third-order valence-corrected chi connectivity index (χ3v) is 2.99. The molecule has 0 spiro atoms. The summed E-state index contributed by atoms with van der Waals surface area (Å²) in [7, 11) is 0. The Hall–Kier alpha value is -2.95. The van der Waals surface area contributed by atoms with Crippen molar-refractivity contribution in [3.63, 3.8) is 0 Å². The van der Waals surface area contributed by atoms with E-state index in [9.17, 15) is 9.90 Å². The van der Waals surface area contributed by atoms with Gasteiger partial charge in [-0.2, -0.15) is 0 Å². The number of fused-ring (bicyclic) bond motifs is 1. The number of para-hydroxylation sites is 2. The monoisotopic (exact) mass is 283 g/mol. The number of hydrogen-bond acceptors (Lipinski definition) is 4. The zero-order valence-electron chi connectivity index (χ0n) is 11.1. The number of ether oxygens (including phenoxy) is 2. The van der Waals surface area contributed by atoms with E-state index in [0.717, 1.165) is 5.56 Å². The molecular formula is C16H13NO4. The number of amides is 1. The zero-order valence-corrected chi connectivity index (χ0v) is 11.1. The Kier molecular flexibility index (Phi) is 3.47. The van der Waals surface area contributed by atoms with Crippen molar-refractivity contribution in [1.29, 1.82) is 0 Å². The lowest BCUT2D eigenvalue weighted by Gasteiger charge is -2.04. The first-order valence-corrected chi connectivity index (χ1v) is 6.39. The van der Waals surface area contributed by atoms with Crippen molar-refractivity contribution in [3.8, 4) is 17.2 Å². The number of hydrogen-bond donors (Lipinski definition) is 2. The van der Waals surface area contributed by atoms with E-state index in [0.29, 0.717) is 17.2 Å². The summed E-state index contributed by atoms with van der Waals surface area (Å²) < 4.78 is 10.5. The molecule has 1 amide bonds. The van der Waals surface area contributed by atoms with Crippen LogP contribution in [0.2, 0.25) is 0 Å². The third-order valence-electron chi connectivity index (χ3n) is 2.99. The molecule has 1 heterocycles. The van der Waals surface area contributed by atoms with Crippen LogP contribution in [-0.4, -0.2) is 17.8 Å². The molecule has 2 aromatic carbocycles. The van der Waals surface area contributed by atoms with Crippen molar-refractivity contribution >= 4 is 17.7 Å². The van der Waals surface area contributed by atoms with Crippen LogP contribution in [0.25, 0.3) is 6.08 Å². The number of benzene rings is 2. The van der Waals surface area contributed by atoms with Crippen molar-refractivity contribution < 1.29 is 19.4 Å². The lowest BCUT2D eigenvalue weighted by molar-refractivity contribution is -0.111. The van der Waals surface area contributed by atoms with Gasteiger partial charge in [-0.25, -0.2) is 0 Å². The molecule has 106 valence electrons. The van der Waals surface area contributed by atoms with Gasteiger partial charge in [0.2, 0.25) is 12.7 Å². The van der Waals surface area contributed by atoms with Crippen LogP contribution >= 0.6 is 0 Å². The van der Waals surface area contributed by atoms with Gasteiger partial charge in [-0.3, -0.25) is 4.79 Å². The number of phenols is 1. The second kappa shape index (κ2) is 5.58. The highest BCUT2D eigenvalue weighted by atomic mass is 16.7. The predicted octanol–water partition coefficient (Wildman–Crippen LogP) is 2.77. The average Bonchev–Trinajstić information content (AvgIpc) is 2.95. The van der Waals surface area contributed by atoms with Gasteiger partial charge in [-0.1, -0.05) is 18.2 Å². The smallest absolute Gasteiger partial charge is 0.248 e. The molecule has 0 fully saturated rings. The highest BCUT2D eigenvalue weighted by molar-refractivity contribution is 6.02. The summed E-state index contributed by atoms with van der Waals surface area (Å²) in [4.78, 5) is 11.8. The van der Waals surface area contributed by atoms with Gasteiger partial charge < -0.3 is 19.9 Å². The Balaban J connectivity index is 1.68. The Bertz CT molecular complexity index is 709. The number of aromatic hydroxyl groups is 1. The minimum atomic E-state index is -0.325. The van der Waals surface area contributed by atoms with Crippen molar-refractivity contribution in [2.45, 2.75) is 0 Å². The van der Waals surface area contributed by atoms with Crippen LogP contribution in [0.3, 0.4) is 0 Å². The quantitative estimate of drug-likeness (QED) is 0.671. The summed E-state index contributed by atoms with van der Waals surface area (Å²) in [6, 6.07) is 12.0. The molecule has 0 saturated carbocycles. The summed E-state index contributed by atoms with van der Waals surface area (Å²) >= 11 is 0. The van der Waals surface area contributed by atoms with Gasteiger partial charge in [0.15, 0.2) is 11.5 Å². The first kappa shape index (κ1) is 13.1. The molecule has 5 nitrogen and oxygen atoms in total. The van der Waals surface area contributed by atoms with Gasteiger partial charge in [0.1, 0.15) is 5.75 Å². The van der Waals surface area contributed by atoms with Crippen LogP contribution in [0.5, 0.6) is 17.2 Å². The number of rotatable bonds is 3. The molecule has 5 heteroatoms. The summed E-state index contributed by atoms with van der Waals surface area (Å²) in [6.07, 6.45) is 3.06. The van der Waals surface area contributed by atoms with Crippen molar-refractivity contribution in [2.75, 3.05) is 12.1 Å². The average molecular weight is 283 g/mol. The largest absolute Gasteiger partial charge is 0.506 e. The molecule has 0 aliphatic carbocycles. The van der Waals surface area contributed by atoms with Gasteiger partial charge in [0, 0.05) is 6.08 Å². The first-order chi connectivity index (χ1) is 10.2. The highest BCUT2D eigenvalue weighted by Crippen LogP contribution is 2.32. The molecule has 0 unspecified atom stereocenters. The molecule has 1 aliphatic rings. The molecule has 3 rings (SSSR count). The van der Waals surface area contributed by atoms with Crippen LogP contribution in [0.4, 0.5) is 5.69 Å². The minimum absolute atomic E-state index is 0.0299. The fourth-order valence-corrected chi connectivity index (χ4v) is 1.94. The van der Waals surface area contributed by atoms with Crippen molar-refractivity contribution in [1.82, 2.24) is 0 Å². The van der Waals surface area contributed by atoms with E-state index >= 15 is 0 Å². The normalized spacial score (nSPS) is 12.6. The number of carbonyl (C=O) groups is 1. The molecule has 0 atom stereocenters. The number of anilines is 1. The molecule has 0 saturated heterocycles. The summed E-state index contributed by atoms with van der Waals surface area (Å²) in [5.74, 6) is 1.07. The summed E-state index contributed by atoms with van der Waals surface area (Å²) in [5, 5.41) is 12.2. The second-order valence-corrected chi connectivity index (χ2v) is 4.45. The minimum Gasteiger partial charge on any atom is -0.506 e. The Morgan fingerprint density at radius 3 is 2.81 bits per heavy atom. The fraction of sp³-hybridized carbons (Fsp3) is 0.0625. The summed E-state index contributed by atoms with van der Waals surface area (Å²) in [5.41, 5.74) is 1.20. The van der Waals surface area contributed by atoms with Crippen LogP contribution in [0.15, 0.2) is 48.5 Å². The van der Waals surface area contributed by atoms with Crippen LogP contribution in [0, 0.1) is 0 Å². The highest BCUT2D eigenvalue weighted by Gasteiger charge is 2.12. The Labute approximate surface area is 121 Å². The van der Waals surface area contributed by atoms with E-state index in [2.05, 4.69) is 5.32 Å². The molecule has 2 aromatic rings. The molecule has 0 radical (unpaired) electrons. The first-order valence-electron chi connectivity index (χ1n) is 6.39. The predicted molar refractivity (Wildman–Crippen MR) is 78.3 cm³/mol. The molecule has 2 N–H and O–H groups in total. The fourth-order valence-electron chi connectivity index (χ4n) is 1.94. The second-order valence-electron chi connectivity index (χ2n) is 4.45. The van der Waals surface area contributed by atoms with Crippen molar-refractivity contribution in [2.24, 2.45) is 0 Å². The maximum absolute atomic E-state index is 11.8. The van der Waals surface area contributed by atoms with Gasteiger partial charge in [0.05, 0.1) is 5.69 Å². The Morgan fingerprint density at radius 1 is 1.14 bits per heavy atom. The van der Waals surface area contributed by atoms with E-state index in [4.69, 9.17) is 9.47 Å². The van der Waals surface area contributed by atoms with E-state index in [1.807, 2.05) is 6.07 Å².